The van der Waals surface area contributed by atoms with Crippen molar-refractivity contribution in [2.75, 3.05) is 5.73 Å². The predicted molar refractivity (Wildman–Crippen MR) is 114 cm³/mol. The molecule has 0 aliphatic carbocycles. The number of carbonyl (C=O) groups is 1. The van der Waals surface area contributed by atoms with Crippen molar-refractivity contribution in [3.8, 4) is 11.1 Å². The maximum absolute atomic E-state index is 13.0. The van der Waals surface area contributed by atoms with Crippen molar-refractivity contribution in [3.63, 3.8) is 0 Å². The Kier molecular flexibility index (Phi) is 5.68. The van der Waals surface area contributed by atoms with Crippen molar-refractivity contribution >= 4 is 11.5 Å². The molecule has 0 radical (unpaired) electrons. The standard InChI is InChI=1S/C25H23NO/c1-3-4-9-18(2)20-12-8-13-22(16-20)25(27)23-15-14-21(17-24(23)26)19-10-6-5-7-11-19/h3-18H,1,26H2,2H3/b9-4-/t18-/m0/s1. The van der Waals surface area contributed by atoms with Gasteiger partial charge in [-0.3, -0.25) is 4.79 Å². The zero-order valence-corrected chi connectivity index (χ0v) is 15.4. The van der Waals surface area contributed by atoms with E-state index in [0.717, 1.165) is 16.7 Å². The van der Waals surface area contributed by atoms with Gasteiger partial charge in [0.05, 0.1) is 0 Å². The molecular weight excluding hydrogens is 330 g/mol. The van der Waals surface area contributed by atoms with Crippen LogP contribution in [0.2, 0.25) is 0 Å². The highest BCUT2D eigenvalue weighted by atomic mass is 16.1. The molecule has 0 bridgehead atoms. The normalized spacial score (nSPS) is 12.0. The number of benzene rings is 3. The first kappa shape index (κ1) is 18.4. The molecule has 0 saturated carbocycles. The van der Waals surface area contributed by atoms with Crippen LogP contribution in [0.15, 0.2) is 97.6 Å². The molecule has 3 aromatic carbocycles. The molecule has 0 aromatic heterocycles. The van der Waals surface area contributed by atoms with Crippen LogP contribution in [0.4, 0.5) is 5.69 Å². The minimum atomic E-state index is -0.0612. The van der Waals surface area contributed by atoms with Crippen LogP contribution in [0.3, 0.4) is 0 Å². The summed E-state index contributed by atoms with van der Waals surface area (Å²) in [5, 5.41) is 0. The Hall–Kier alpha value is -3.39. The third-order valence-corrected chi connectivity index (χ3v) is 4.61. The first-order valence-electron chi connectivity index (χ1n) is 8.99. The van der Waals surface area contributed by atoms with Crippen LogP contribution < -0.4 is 5.73 Å². The van der Waals surface area contributed by atoms with E-state index in [0.29, 0.717) is 16.8 Å². The predicted octanol–water partition coefficient (Wildman–Crippen LogP) is 6.01. The number of hydrogen-bond donors (Lipinski definition) is 1. The van der Waals surface area contributed by atoms with Gasteiger partial charge >= 0.3 is 0 Å². The van der Waals surface area contributed by atoms with Gasteiger partial charge in [-0.25, -0.2) is 0 Å². The molecule has 0 heterocycles. The van der Waals surface area contributed by atoms with Crippen LogP contribution in [0, 0.1) is 0 Å². The first-order chi connectivity index (χ1) is 13.1. The second-order valence-corrected chi connectivity index (χ2v) is 6.53. The van der Waals surface area contributed by atoms with E-state index in [2.05, 4.69) is 19.6 Å². The molecule has 1 atom stereocenters. The maximum Gasteiger partial charge on any atom is 0.195 e. The Balaban J connectivity index is 1.90. The lowest BCUT2D eigenvalue weighted by atomic mass is 9.94. The van der Waals surface area contributed by atoms with E-state index >= 15 is 0 Å². The van der Waals surface area contributed by atoms with Crippen LogP contribution in [0.5, 0.6) is 0 Å². The number of hydrogen-bond acceptors (Lipinski definition) is 2. The zero-order chi connectivity index (χ0) is 19.2. The lowest BCUT2D eigenvalue weighted by Crippen LogP contribution is -2.06. The van der Waals surface area contributed by atoms with Gasteiger partial charge in [-0.2, -0.15) is 0 Å². The van der Waals surface area contributed by atoms with Crippen LogP contribution in [-0.2, 0) is 0 Å². The fraction of sp³-hybridized carbons (Fsp3) is 0.0800. The van der Waals surface area contributed by atoms with Crippen LogP contribution in [0.25, 0.3) is 11.1 Å². The summed E-state index contributed by atoms with van der Waals surface area (Å²) in [6, 6.07) is 23.3. The summed E-state index contributed by atoms with van der Waals surface area (Å²) in [5.41, 5.74) is 11.0. The van der Waals surface area contributed by atoms with Gasteiger partial charge in [-0.05, 0) is 40.8 Å². The van der Waals surface area contributed by atoms with E-state index < -0.39 is 0 Å². The van der Waals surface area contributed by atoms with Crippen molar-refractivity contribution in [3.05, 3.63) is 114 Å². The monoisotopic (exact) mass is 353 g/mol. The van der Waals surface area contributed by atoms with Crippen molar-refractivity contribution in [1.82, 2.24) is 0 Å². The fourth-order valence-electron chi connectivity index (χ4n) is 3.05. The second kappa shape index (κ2) is 8.33. The summed E-state index contributed by atoms with van der Waals surface area (Å²) in [7, 11) is 0. The van der Waals surface area contributed by atoms with Crippen molar-refractivity contribution in [2.24, 2.45) is 0 Å². The minimum absolute atomic E-state index is 0.0612. The molecule has 2 heteroatoms. The molecule has 0 aliphatic heterocycles. The van der Waals surface area contributed by atoms with Gasteiger partial charge in [0, 0.05) is 16.8 Å². The van der Waals surface area contributed by atoms with E-state index in [9.17, 15) is 4.79 Å². The molecular formula is C25H23NO. The van der Waals surface area contributed by atoms with E-state index in [1.54, 1.807) is 6.08 Å². The summed E-state index contributed by atoms with van der Waals surface area (Å²) < 4.78 is 0. The molecule has 0 fully saturated rings. The number of allylic oxidation sites excluding steroid dienone is 3. The summed E-state index contributed by atoms with van der Waals surface area (Å²) in [6.45, 7) is 5.79. The molecule has 0 aliphatic rings. The lowest BCUT2D eigenvalue weighted by molar-refractivity contribution is 0.103. The van der Waals surface area contributed by atoms with Gasteiger partial charge < -0.3 is 5.73 Å². The quantitative estimate of drug-likeness (QED) is 0.335. The average molecular weight is 353 g/mol. The van der Waals surface area contributed by atoms with Crippen LogP contribution in [0.1, 0.15) is 34.3 Å². The number of nitrogens with two attached hydrogens (primary N) is 1. The largest absolute Gasteiger partial charge is 0.398 e. The molecule has 3 aromatic rings. The van der Waals surface area contributed by atoms with Gasteiger partial charge in [0.25, 0.3) is 0 Å². The summed E-state index contributed by atoms with van der Waals surface area (Å²) in [6.07, 6.45) is 5.72. The average Bonchev–Trinajstić information content (AvgIpc) is 2.72. The Labute approximate surface area is 160 Å². The second-order valence-electron chi connectivity index (χ2n) is 6.53. The third kappa shape index (κ3) is 4.24. The first-order valence-corrected chi connectivity index (χ1v) is 8.99. The highest BCUT2D eigenvalue weighted by Gasteiger charge is 2.14. The van der Waals surface area contributed by atoms with Gasteiger partial charge in [0.2, 0.25) is 0 Å². The number of nitrogen functional groups attached to an aromatic ring is 1. The fourth-order valence-corrected chi connectivity index (χ4v) is 3.05. The topological polar surface area (TPSA) is 43.1 Å². The Morgan fingerprint density at radius 1 is 0.963 bits per heavy atom. The summed E-state index contributed by atoms with van der Waals surface area (Å²) >= 11 is 0. The van der Waals surface area contributed by atoms with Crippen LogP contribution >= 0.6 is 0 Å². The molecule has 0 spiro atoms. The Morgan fingerprint density at radius 2 is 1.74 bits per heavy atom. The highest BCUT2D eigenvalue weighted by Crippen LogP contribution is 2.26. The maximum atomic E-state index is 13.0. The molecule has 0 amide bonds. The number of anilines is 1. The Bertz CT molecular complexity index is 986. The molecule has 2 nitrogen and oxygen atoms in total. The molecule has 3 rings (SSSR count). The van der Waals surface area contributed by atoms with E-state index in [-0.39, 0.29) is 11.7 Å². The van der Waals surface area contributed by atoms with E-state index in [4.69, 9.17) is 5.73 Å². The summed E-state index contributed by atoms with van der Waals surface area (Å²) in [4.78, 5) is 13.0. The molecule has 134 valence electrons. The van der Waals surface area contributed by atoms with Gasteiger partial charge in [-0.15, -0.1) is 0 Å². The summed E-state index contributed by atoms with van der Waals surface area (Å²) in [5.74, 6) is 0.141. The zero-order valence-electron chi connectivity index (χ0n) is 15.4. The SMILES string of the molecule is C=C/C=C\[C@H](C)c1cccc(C(=O)c2ccc(-c3ccccc3)cc2N)c1. The molecule has 0 unspecified atom stereocenters. The number of ketones is 1. The number of rotatable bonds is 6. The van der Waals surface area contributed by atoms with Crippen molar-refractivity contribution in [1.29, 1.82) is 0 Å². The minimum Gasteiger partial charge on any atom is -0.398 e. The van der Waals surface area contributed by atoms with Gasteiger partial charge in [-0.1, -0.05) is 86.3 Å². The third-order valence-electron chi connectivity index (χ3n) is 4.61. The lowest BCUT2D eigenvalue weighted by Gasteiger charge is -2.11. The number of carbonyl (C=O) groups excluding carboxylic acids is 1. The van der Waals surface area contributed by atoms with Crippen LogP contribution in [-0.4, -0.2) is 5.78 Å². The highest BCUT2D eigenvalue weighted by molar-refractivity contribution is 6.12. The van der Waals surface area contributed by atoms with Gasteiger partial charge in [0.15, 0.2) is 5.78 Å². The Morgan fingerprint density at radius 3 is 2.44 bits per heavy atom. The molecule has 0 saturated heterocycles. The van der Waals surface area contributed by atoms with E-state index in [1.807, 2.05) is 78.9 Å². The van der Waals surface area contributed by atoms with Crippen molar-refractivity contribution in [2.45, 2.75) is 12.8 Å². The molecule has 27 heavy (non-hydrogen) atoms. The van der Waals surface area contributed by atoms with E-state index in [1.165, 1.54) is 0 Å². The molecule has 2 N–H and O–H groups in total. The van der Waals surface area contributed by atoms with Gasteiger partial charge in [0.1, 0.15) is 0 Å². The van der Waals surface area contributed by atoms with Crippen molar-refractivity contribution < 1.29 is 4.79 Å². The smallest absolute Gasteiger partial charge is 0.195 e.